The molecule has 16 heavy (non-hydrogen) atoms. The molecule has 0 bridgehead atoms. The second-order valence-electron chi connectivity index (χ2n) is 3.90. The molecule has 0 aromatic heterocycles. The summed E-state index contributed by atoms with van der Waals surface area (Å²) < 4.78 is 13.3. The lowest BCUT2D eigenvalue weighted by Gasteiger charge is -2.27. The van der Waals surface area contributed by atoms with E-state index < -0.39 is 0 Å². The minimum atomic E-state index is -0.300. The van der Waals surface area contributed by atoms with E-state index in [-0.39, 0.29) is 18.1 Å². The number of hydrogen-bond acceptors (Lipinski definition) is 2. The van der Waals surface area contributed by atoms with Gasteiger partial charge in [0.1, 0.15) is 5.82 Å². The molecule has 1 saturated heterocycles. The van der Waals surface area contributed by atoms with Gasteiger partial charge in [0.25, 0.3) is 0 Å². The molecule has 1 aromatic carbocycles. The lowest BCUT2D eigenvalue weighted by molar-refractivity contribution is -0.131. The number of benzene rings is 1. The molecule has 0 aliphatic carbocycles. The summed E-state index contributed by atoms with van der Waals surface area (Å²) in [6, 6.07) is 6.44. The molecule has 86 valence electrons. The van der Waals surface area contributed by atoms with Crippen molar-refractivity contribution in [2.45, 2.75) is 6.42 Å². The van der Waals surface area contributed by atoms with Gasteiger partial charge in [0, 0.05) is 26.2 Å². The van der Waals surface area contributed by atoms with Gasteiger partial charge in [-0.05, 0) is 11.6 Å². The van der Waals surface area contributed by atoms with E-state index in [1.54, 1.807) is 23.1 Å². The van der Waals surface area contributed by atoms with Crippen LogP contribution in [-0.4, -0.2) is 37.0 Å². The van der Waals surface area contributed by atoms with Gasteiger partial charge in [-0.15, -0.1) is 0 Å². The van der Waals surface area contributed by atoms with Crippen LogP contribution in [-0.2, 0) is 11.2 Å². The van der Waals surface area contributed by atoms with E-state index >= 15 is 0 Å². The summed E-state index contributed by atoms with van der Waals surface area (Å²) >= 11 is 0. The zero-order valence-electron chi connectivity index (χ0n) is 9.08. The maximum atomic E-state index is 13.3. The van der Waals surface area contributed by atoms with E-state index in [1.165, 1.54) is 6.07 Å². The average molecular weight is 222 g/mol. The Labute approximate surface area is 94.3 Å². The zero-order chi connectivity index (χ0) is 11.4. The van der Waals surface area contributed by atoms with Crippen molar-refractivity contribution in [3.63, 3.8) is 0 Å². The van der Waals surface area contributed by atoms with E-state index in [2.05, 4.69) is 5.32 Å². The number of carbonyl (C=O) groups excluding carboxylic acids is 1. The maximum absolute atomic E-state index is 13.3. The summed E-state index contributed by atoms with van der Waals surface area (Å²) in [5.74, 6) is -0.294. The Balaban J connectivity index is 1.99. The molecule has 4 heteroatoms. The highest BCUT2D eigenvalue weighted by Gasteiger charge is 2.17. The molecule has 1 fully saturated rings. The van der Waals surface area contributed by atoms with Gasteiger partial charge in [-0.25, -0.2) is 4.39 Å². The normalized spacial score (nSPS) is 16.2. The third-order valence-corrected chi connectivity index (χ3v) is 2.77. The van der Waals surface area contributed by atoms with Crippen LogP contribution in [0.15, 0.2) is 24.3 Å². The van der Waals surface area contributed by atoms with Crippen molar-refractivity contribution in [3.05, 3.63) is 35.6 Å². The topological polar surface area (TPSA) is 32.3 Å². The first kappa shape index (κ1) is 11.1. The molecule has 0 unspecified atom stereocenters. The van der Waals surface area contributed by atoms with Crippen molar-refractivity contribution in [2.24, 2.45) is 0 Å². The predicted octanol–water partition coefficient (Wildman–Crippen LogP) is 0.800. The number of rotatable bonds is 2. The number of amides is 1. The summed E-state index contributed by atoms with van der Waals surface area (Å²) in [6.45, 7) is 3.08. The van der Waals surface area contributed by atoms with Crippen molar-refractivity contribution >= 4 is 5.91 Å². The number of halogens is 1. The molecule has 1 amide bonds. The van der Waals surface area contributed by atoms with Crippen LogP contribution >= 0.6 is 0 Å². The number of hydrogen-bond donors (Lipinski definition) is 1. The molecule has 0 radical (unpaired) electrons. The average Bonchev–Trinajstić information content (AvgIpc) is 2.33. The molecule has 0 spiro atoms. The molecule has 2 rings (SSSR count). The molecular weight excluding hydrogens is 207 g/mol. The van der Waals surface area contributed by atoms with Crippen molar-refractivity contribution < 1.29 is 9.18 Å². The second-order valence-corrected chi connectivity index (χ2v) is 3.90. The summed E-state index contributed by atoms with van der Waals surface area (Å²) in [4.78, 5) is 13.6. The van der Waals surface area contributed by atoms with Gasteiger partial charge >= 0.3 is 0 Å². The summed E-state index contributed by atoms with van der Waals surface area (Å²) in [5, 5.41) is 3.18. The Morgan fingerprint density at radius 2 is 2.00 bits per heavy atom. The van der Waals surface area contributed by atoms with E-state index in [0.717, 1.165) is 13.1 Å². The standard InChI is InChI=1S/C12H15FN2O/c13-11-4-2-1-3-10(11)9-12(16)15-7-5-14-6-8-15/h1-4,14H,5-9H2. The fourth-order valence-corrected chi connectivity index (χ4v) is 1.83. The fraction of sp³-hybridized carbons (Fsp3) is 0.417. The first-order valence-corrected chi connectivity index (χ1v) is 5.49. The molecule has 0 saturated carbocycles. The van der Waals surface area contributed by atoms with Gasteiger partial charge in [-0.2, -0.15) is 0 Å². The van der Waals surface area contributed by atoms with Crippen LogP contribution in [0.3, 0.4) is 0 Å². The first-order valence-electron chi connectivity index (χ1n) is 5.49. The third kappa shape index (κ3) is 2.58. The molecule has 1 aromatic rings. The van der Waals surface area contributed by atoms with Crippen LogP contribution in [0, 0.1) is 5.82 Å². The van der Waals surface area contributed by atoms with Crippen molar-refractivity contribution in [3.8, 4) is 0 Å². The minimum Gasteiger partial charge on any atom is -0.340 e. The highest BCUT2D eigenvalue weighted by Crippen LogP contribution is 2.09. The van der Waals surface area contributed by atoms with Gasteiger partial charge in [0.05, 0.1) is 6.42 Å². The smallest absolute Gasteiger partial charge is 0.227 e. The maximum Gasteiger partial charge on any atom is 0.227 e. The third-order valence-electron chi connectivity index (χ3n) is 2.77. The molecule has 1 N–H and O–H groups in total. The second kappa shape index (κ2) is 5.07. The van der Waals surface area contributed by atoms with Crippen molar-refractivity contribution in [1.29, 1.82) is 0 Å². The highest BCUT2D eigenvalue weighted by atomic mass is 19.1. The van der Waals surface area contributed by atoms with E-state index in [1.807, 2.05) is 0 Å². The number of piperazine rings is 1. The summed E-state index contributed by atoms with van der Waals surface area (Å²) in [5.41, 5.74) is 0.478. The lowest BCUT2D eigenvalue weighted by atomic mass is 10.1. The van der Waals surface area contributed by atoms with Gasteiger partial charge in [0.15, 0.2) is 0 Å². The van der Waals surface area contributed by atoms with Gasteiger partial charge in [-0.3, -0.25) is 4.79 Å². The van der Waals surface area contributed by atoms with Crippen molar-refractivity contribution in [1.82, 2.24) is 10.2 Å². The SMILES string of the molecule is O=C(Cc1ccccc1F)N1CCNCC1. The zero-order valence-corrected chi connectivity index (χ0v) is 9.08. The van der Waals surface area contributed by atoms with Crippen LogP contribution in [0.4, 0.5) is 4.39 Å². The Morgan fingerprint density at radius 1 is 1.31 bits per heavy atom. The Hall–Kier alpha value is -1.42. The van der Waals surface area contributed by atoms with Crippen LogP contribution in [0.25, 0.3) is 0 Å². The quantitative estimate of drug-likeness (QED) is 0.802. The largest absolute Gasteiger partial charge is 0.340 e. The molecule has 1 heterocycles. The van der Waals surface area contributed by atoms with Crippen LogP contribution in [0.5, 0.6) is 0 Å². The monoisotopic (exact) mass is 222 g/mol. The van der Waals surface area contributed by atoms with Gasteiger partial charge < -0.3 is 10.2 Å². The molecule has 0 atom stereocenters. The van der Waals surface area contributed by atoms with Crippen molar-refractivity contribution in [2.75, 3.05) is 26.2 Å². The van der Waals surface area contributed by atoms with E-state index in [4.69, 9.17) is 0 Å². The summed E-state index contributed by atoms with van der Waals surface area (Å²) in [6.07, 6.45) is 0.159. The minimum absolute atomic E-state index is 0.00611. The molecule has 3 nitrogen and oxygen atoms in total. The van der Waals surface area contributed by atoms with Crippen LogP contribution < -0.4 is 5.32 Å². The van der Waals surface area contributed by atoms with Gasteiger partial charge in [0.2, 0.25) is 5.91 Å². The summed E-state index contributed by atoms with van der Waals surface area (Å²) in [7, 11) is 0. The van der Waals surface area contributed by atoms with E-state index in [9.17, 15) is 9.18 Å². The molecular formula is C12H15FN2O. The number of nitrogens with one attached hydrogen (secondary N) is 1. The molecule has 1 aliphatic rings. The van der Waals surface area contributed by atoms with Gasteiger partial charge in [-0.1, -0.05) is 18.2 Å². The first-order chi connectivity index (χ1) is 7.77. The van der Waals surface area contributed by atoms with Crippen LogP contribution in [0.1, 0.15) is 5.56 Å². The lowest BCUT2D eigenvalue weighted by Crippen LogP contribution is -2.47. The highest BCUT2D eigenvalue weighted by molar-refractivity contribution is 5.78. The predicted molar refractivity (Wildman–Crippen MR) is 59.6 cm³/mol. The Kier molecular flexibility index (Phi) is 3.51. The molecule has 1 aliphatic heterocycles. The van der Waals surface area contributed by atoms with Crippen LogP contribution in [0.2, 0.25) is 0 Å². The Morgan fingerprint density at radius 3 is 2.69 bits per heavy atom. The number of nitrogens with zero attached hydrogens (tertiary/aromatic N) is 1. The fourth-order valence-electron chi connectivity index (χ4n) is 1.83. The number of carbonyl (C=O) groups is 1. The van der Waals surface area contributed by atoms with E-state index in [0.29, 0.717) is 18.7 Å². The Bertz CT molecular complexity index is 375.